The van der Waals surface area contributed by atoms with Gasteiger partial charge in [-0.25, -0.2) is 4.79 Å². The van der Waals surface area contributed by atoms with Gasteiger partial charge in [-0.3, -0.25) is 19.5 Å². The molecule has 0 spiro atoms. The number of rotatable bonds is 5. The highest BCUT2D eigenvalue weighted by Crippen LogP contribution is 2.38. The molecule has 0 radical (unpaired) electrons. The van der Waals surface area contributed by atoms with Crippen LogP contribution in [0, 0.1) is 0 Å². The molecule has 4 rings (SSSR count). The molecule has 1 aromatic carbocycles. The van der Waals surface area contributed by atoms with Gasteiger partial charge < -0.3 is 15.5 Å². The predicted molar refractivity (Wildman–Crippen MR) is 115 cm³/mol. The number of benzene rings is 1. The van der Waals surface area contributed by atoms with E-state index in [1.54, 1.807) is 56.7 Å². The van der Waals surface area contributed by atoms with Gasteiger partial charge in [0, 0.05) is 31.0 Å². The van der Waals surface area contributed by atoms with Crippen LogP contribution in [0.25, 0.3) is 0 Å². The Morgan fingerprint density at radius 3 is 2.77 bits per heavy atom. The third-order valence-corrected chi connectivity index (χ3v) is 5.99. The number of halogens is 1. The number of nitrogens with one attached hydrogen (secondary N) is 2. The molecule has 31 heavy (non-hydrogen) atoms. The summed E-state index contributed by atoms with van der Waals surface area (Å²) in [6, 6.07) is 9.03. The summed E-state index contributed by atoms with van der Waals surface area (Å²) in [5.74, 6) is -0.580. The van der Waals surface area contributed by atoms with E-state index in [2.05, 4.69) is 15.6 Å². The van der Waals surface area contributed by atoms with E-state index in [4.69, 9.17) is 11.6 Å². The summed E-state index contributed by atoms with van der Waals surface area (Å²) in [7, 11) is 1.61. The number of nitrogens with zero attached hydrogens (tertiary/aromatic N) is 3. The Labute approximate surface area is 184 Å². The Morgan fingerprint density at radius 2 is 2.06 bits per heavy atom. The second kappa shape index (κ2) is 8.39. The zero-order valence-corrected chi connectivity index (χ0v) is 17.9. The van der Waals surface area contributed by atoms with Gasteiger partial charge in [0.2, 0.25) is 5.91 Å². The maximum absolute atomic E-state index is 13.4. The number of urea groups is 1. The molecular weight excluding hydrogens is 418 g/mol. The van der Waals surface area contributed by atoms with Crippen molar-refractivity contribution in [2.24, 2.45) is 0 Å². The largest absolute Gasteiger partial charge is 0.350 e. The van der Waals surface area contributed by atoms with Crippen molar-refractivity contribution in [3.05, 3.63) is 76.2 Å². The van der Waals surface area contributed by atoms with Gasteiger partial charge in [-0.05, 0) is 30.2 Å². The van der Waals surface area contributed by atoms with Crippen molar-refractivity contribution < 1.29 is 14.4 Å². The quantitative estimate of drug-likeness (QED) is 0.747. The average molecular weight is 440 g/mol. The van der Waals surface area contributed by atoms with Crippen molar-refractivity contribution in [1.82, 2.24) is 25.4 Å². The Bertz CT molecular complexity index is 1070. The van der Waals surface area contributed by atoms with E-state index in [9.17, 15) is 14.4 Å². The first-order chi connectivity index (χ1) is 14.9. The number of carbonyl (C=O) groups is 3. The topological polar surface area (TPSA) is 94.6 Å². The molecule has 3 heterocycles. The van der Waals surface area contributed by atoms with E-state index in [1.807, 2.05) is 6.07 Å². The molecule has 0 saturated carbocycles. The number of likely N-dealkylation sites (N-methyl/N-ethyl adjacent to an activating group) is 1. The third kappa shape index (κ3) is 3.86. The minimum atomic E-state index is -0.717. The van der Waals surface area contributed by atoms with Gasteiger partial charge in [-0.2, -0.15) is 0 Å². The second-order valence-electron chi connectivity index (χ2n) is 7.51. The van der Waals surface area contributed by atoms with E-state index in [1.165, 1.54) is 9.80 Å². The molecule has 0 saturated heterocycles. The molecule has 2 aromatic rings. The molecule has 0 aliphatic carbocycles. The average Bonchev–Trinajstić information content (AvgIpc) is 3.12. The summed E-state index contributed by atoms with van der Waals surface area (Å²) in [6.45, 7) is 2.16. The number of amides is 4. The number of carbonyl (C=O) groups excluding carboxylic acids is 3. The standard InChI is InChI=1S/C22H22ClN5O3/c1-13(20(29)25-11-14-6-5-9-24-10-14)28-12-17-18(21(28)30)19(26-22(31)27(17)2)15-7-3-4-8-16(15)23/h3-10,13,19H,11-12H2,1-2H3,(H,25,29)(H,26,31). The molecule has 4 amide bonds. The van der Waals surface area contributed by atoms with Crippen molar-refractivity contribution in [2.45, 2.75) is 25.6 Å². The van der Waals surface area contributed by atoms with Crippen LogP contribution in [0.15, 0.2) is 60.1 Å². The van der Waals surface area contributed by atoms with E-state index < -0.39 is 12.1 Å². The van der Waals surface area contributed by atoms with E-state index in [0.29, 0.717) is 28.4 Å². The lowest BCUT2D eigenvalue weighted by atomic mass is 9.95. The number of hydrogen-bond donors (Lipinski definition) is 2. The lowest BCUT2D eigenvalue weighted by Gasteiger charge is -2.31. The molecule has 2 atom stereocenters. The van der Waals surface area contributed by atoms with Crippen LogP contribution in [-0.4, -0.2) is 52.3 Å². The zero-order valence-electron chi connectivity index (χ0n) is 17.1. The number of hydrogen-bond acceptors (Lipinski definition) is 4. The van der Waals surface area contributed by atoms with Crippen LogP contribution in [0.3, 0.4) is 0 Å². The normalized spacial score (nSPS) is 19.3. The first-order valence-corrected chi connectivity index (χ1v) is 10.3. The highest BCUT2D eigenvalue weighted by molar-refractivity contribution is 6.31. The molecule has 2 unspecified atom stereocenters. The Hall–Kier alpha value is -3.39. The van der Waals surface area contributed by atoms with Crippen LogP contribution in [0.1, 0.15) is 24.1 Å². The molecule has 1 aromatic heterocycles. The van der Waals surface area contributed by atoms with E-state index >= 15 is 0 Å². The Kier molecular flexibility index (Phi) is 5.65. The van der Waals surface area contributed by atoms with Crippen LogP contribution in [0.2, 0.25) is 5.02 Å². The number of aromatic nitrogens is 1. The number of pyridine rings is 1. The van der Waals surface area contributed by atoms with Gasteiger partial charge in [0.05, 0.1) is 23.9 Å². The summed E-state index contributed by atoms with van der Waals surface area (Å²) in [5, 5.41) is 6.15. The summed E-state index contributed by atoms with van der Waals surface area (Å²) >= 11 is 6.35. The van der Waals surface area contributed by atoms with Crippen LogP contribution in [-0.2, 0) is 16.1 Å². The molecule has 2 N–H and O–H groups in total. The maximum Gasteiger partial charge on any atom is 0.322 e. The highest BCUT2D eigenvalue weighted by Gasteiger charge is 2.45. The van der Waals surface area contributed by atoms with Crippen molar-refractivity contribution in [3.8, 4) is 0 Å². The maximum atomic E-state index is 13.4. The first-order valence-electron chi connectivity index (χ1n) is 9.87. The van der Waals surface area contributed by atoms with Crippen molar-refractivity contribution in [2.75, 3.05) is 13.6 Å². The smallest absolute Gasteiger partial charge is 0.322 e. The lowest BCUT2D eigenvalue weighted by molar-refractivity contribution is -0.135. The summed E-state index contributed by atoms with van der Waals surface area (Å²) < 4.78 is 0. The fraction of sp³-hybridized carbons (Fsp3) is 0.273. The van der Waals surface area contributed by atoms with Gasteiger partial charge in [0.15, 0.2) is 0 Å². The molecule has 0 fully saturated rings. The lowest BCUT2D eigenvalue weighted by Crippen LogP contribution is -2.46. The van der Waals surface area contributed by atoms with Crippen LogP contribution in [0.5, 0.6) is 0 Å². The molecular formula is C22H22ClN5O3. The summed E-state index contributed by atoms with van der Waals surface area (Å²) in [6.07, 6.45) is 3.33. The van der Waals surface area contributed by atoms with Crippen molar-refractivity contribution in [1.29, 1.82) is 0 Å². The van der Waals surface area contributed by atoms with E-state index in [0.717, 1.165) is 5.56 Å². The van der Waals surface area contributed by atoms with Gasteiger partial charge >= 0.3 is 6.03 Å². The minimum absolute atomic E-state index is 0.167. The van der Waals surface area contributed by atoms with Gasteiger partial charge in [-0.15, -0.1) is 0 Å². The monoisotopic (exact) mass is 439 g/mol. The molecule has 8 nitrogen and oxygen atoms in total. The summed E-state index contributed by atoms with van der Waals surface area (Å²) in [4.78, 5) is 45.6. The fourth-order valence-electron chi connectivity index (χ4n) is 3.82. The predicted octanol–water partition coefficient (Wildman–Crippen LogP) is 2.23. The molecule has 0 bridgehead atoms. The van der Waals surface area contributed by atoms with Crippen molar-refractivity contribution in [3.63, 3.8) is 0 Å². The van der Waals surface area contributed by atoms with Crippen LogP contribution < -0.4 is 10.6 Å². The second-order valence-corrected chi connectivity index (χ2v) is 7.92. The Balaban J connectivity index is 1.55. The molecule has 2 aliphatic rings. The zero-order chi connectivity index (χ0) is 22.1. The van der Waals surface area contributed by atoms with Gasteiger partial charge in [0.25, 0.3) is 5.91 Å². The van der Waals surface area contributed by atoms with Crippen LogP contribution in [0.4, 0.5) is 4.79 Å². The highest BCUT2D eigenvalue weighted by atomic mass is 35.5. The third-order valence-electron chi connectivity index (χ3n) is 5.64. The SMILES string of the molecule is CC(C(=O)NCc1cccnc1)N1CC2=C(C1=O)C(c1ccccc1Cl)NC(=O)N2C. The molecule has 160 valence electrons. The van der Waals surface area contributed by atoms with Gasteiger partial charge in [0.1, 0.15) is 6.04 Å². The molecule has 2 aliphatic heterocycles. The minimum Gasteiger partial charge on any atom is -0.350 e. The summed E-state index contributed by atoms with van der Waals surface area (Å²) in [5.41, 5.74) is 2.51. The first kappa shape index (κ1) is 20.9. The van der Waals surface area contributed by atoms with Crippen LogP contribution >= 0.6 is 11.6 Å². The van der Waals surface area contributed by atoms with E-state index in [-0.39, 0.29) is 24.4 Å². The Morgan fingerprint density at radius 1 is 1.29 bits per heavy atom. The fourth-order valence-corrected chi connectivity index (χ4v) is 4.07. The van der Waals surface area contributed by atoms with Gasteiger partial charge in [-0.1, -0.05) is 35.9 Å². The van der Waals surface area contributed by atoms with Crippen molar-refractivity contribution >= 4 is 29.4 Å². The molecule has 9 heteroatoms.